The van der Waals surface area contributed by atoms with Crippen LogP contribution in [0.4, 0.5) is 0 Å². The molecule has 0 aromatic heterocycles. The van der Waals surface area contributed by atoms with E-state index in [4.69, 9.17) is 4.74 Å². The lowest BCUT2D eigenvalue weighted by Crippen LogP contribution is -2.05. The highest BCUT2D eigenvalue weighted by Gasteiger charge is 2.09. The number of hydrogen-bond acceptors (Lipinski definition) is 1. The summed E-state index contributed by atoms with van der Waals surface area (Å²) >= 11 is 3.61. The Morgan fingerprint density at radius 1 is 0.852 bits per heavy atom. The third kappa shape index (κ3) is 5.25. The molecule has 0 saturated carbocycles. The van der Waals surface area contributed by atoms with Crippen LogP contribution in [0.15, 0.2) is 46.9 Å². The molecule has 3 aromatic rings. The highest BCUT2D eigenvalue weighted by atomic mass is 79.9. The second kappa shape index (κ2) is 9.10. The molecule has 0 heterocycles. The highest BCUT2D eigenvalue weighted by Crippen LogP contribution is 2.34. The summed E-state index contributed by atoms with van der Waals surface area (Å²) in [4.78, 5) is 0. The molecule has 0 bridgehead atoms. The average Bonchev–Trinajstić information content (AvgIpc) is 2.61. The zero-order valence-electron chi connectivity index (χ0n) is 17.0. The molecule has 27 heavy (non-hydrogen) atoms. The van der Waals surface area contributed by atoms with E-state index < -0.39 is 0 Å². The van der Waals surface area contributed by atoms with Crippen molar-refractivity contribution in [1.29, 1.82) is 0 Å². The van der Waals surface area contributed by atoms with Gasteiger partial charge in [-0.05, 0) is 65.1 Å². The van der Waals surface area contributed by atoms with Gasteiger partial charge in [-0.15, -0.1) is 0 Å². The van der Waals surface area contributed by atoms with Crippen molar-refractivity contribution < 1.29 is 4.74 Å². The van der Waals surface area contributed by atoms with E-state index in [1.807, 2.05) is 0 Å². The second-order valence-corrected chi connectivity index (χ2v) is 9.27. The first-order valence-electron chi connectivity index (χ1n) is 10.2. The molecule has 0 N–H and O–H groups in total. The standard InChI is InChI=1S/C25H31BrO/c1-17(2)6-5-7-18(3)12-13-27-25-15-19(4)14-24-22(25)11-9-20-8-10-21(26)16-23(20)24/h8-11,14-18H,5-7,12-13H2,1-4H3. The summed E-state index contributed by atoms with van der Waals surface area (Å²) in [5.74, 6) is 2.54. The van der Waals surface area contributed by atoms with E-state index in [1.54, 1.807) is 0 Å². The Hall–Kier alpha value is -1.54. The van der Waals surface area contributed by atoms with E-state index in [9.17, 15) is 0 Å². The summed E-state index contributed by atoms with van der Waals surface area (Å²) in [5.41, 5.74) is 1.25. The lowest BCUT2D eigenvalue weighted by atomic mass is 9.97. The molecule has 0 amide bonds. The number of benzene rings is 3. The Morgan fingerprint density at radius 3 is 2.41 bits per heavy atom. The summed E-state index contributed by atoms with van der Waals surface area (Å²) in [6.45, 7) is 9.90. The Morgan fingerprint density at radius 2 is 1.63 bits per heavy atom. The Kier molecular flexibility index (Phi) is 6.81. The lowest BCUT2D eigenvalue weighted by molar-refractivity contribution is 0.278. The molecular formula is C25H31BrO. The van der Waals surface area contributed by atoms with Crippen LogP contribution in [0.3, 0.4) is 0 Å². The van der Waals surface area contributed by atoms with E-state index in [-0.39, 0.29) is 0 Å². The van der Waals surface area contributed by atoms with Gasteiger partial charge in [0.2, 0.25) is 0 Å². The molecule has 144 valence electrons. The molecule has 0 fully saturated rings. The number of ether oxygens (including phenoxy) is 1. The minimum absolute atomic E-state index is 0.719. The van der Waals surface area contributed by atoms with Gasteiger partial charge in [0.15, 0.2) is 0 Å². The predicted molar refractivity (Wildman–Crippen MR) is 122 cm³/mol. The van der Waals surface area contributed by atoms with Crippen molar-refractivity contribution in [2.24, 2.45) is 11.8 Å². The largest absolute Gasteiger partial charge is 0.493 e. The van der Waals surface area contributed by atoms with E-state index in [1.165, 1.54) is 46.4 Å². The fourth-order valence-corrected chi connectivity index (χ4v) is 4.11. The quantitative estimate of drug-likeness (QED) is 0.329. The molecule has 0 spiro atoms. The van der Waals surface area contributed by atoms with Crippen LogP contribution in [-0.2, 0) is 0 Å². The van der Waals surface area contributed by atoms with Crippen LogP contribution in [0, 0.1) is 18.8 Å². The molecule has 1 atom stereocenters. The molecule has 3 rings (SSSR count). The van der Waals surface area contributed by atoms with Gasteiger partial charge in [0.05, 0.1) is 6.61 Å². The van der Waals surface area contributed by atoms with Crippen LogP contribution >= 0.6 is 15.9 Å². The van der Waals surface area contributed by atoms with Gasteiger partial charge in [0.1, 0.15) is 5.75 Å². The van der Waals surface area contributed by atoms with E-state index in [0.717, 1.165) is 35.1 Å². The Bertz CT molecular complexity index is 913. The van der Waals surface area contributed by atoms with Crippen molar-refractivity contribution in [3.05, 3.63) is 52.5 Å². The zero-order valence-corrected chi connectivity index (χ0v) is 18.6. The maximum Gasteiger partial charge on any atom is 0.127 e. The van der Waals surface area contributed by atoms with Crippen LogP contribution in [0.2, 0.25) is 0 Å². The molecule has 0 saturated heterocycles. The van der Waals surface area contributed by atoms with Gasteiger partial charge < -0.3 is 4.74 Å². The summed E-state index contributed by atoms with van der Waals surface area (Å²) < 4.78 is 7.38. The first-order chi connectivity index (χ1) is 12.9. The van der Waals surface area contributed by atoms with Crippen LogP contribution in [0.25, 0.3) is 21.5 Å². The van der Waals surface area contributed by atoms with Gasteiger partial charge in [-0.2, -0.15) is 0 Å². The molecule has 3 aromatic carbocycles. The van der Waals surface area contributed by atoms with E-state index in [0.29, 0.717) is 0 Å². The normalized spacial score (nSPS) is 12.8. The summed E-state index contributed by atoms with van der Waals surface area (Å²) in [6.07, 6.45) is 5.07. The molecule has 1 unspecified atom stereocenters. The number of rotatable bonds is 8. The lowest BCUT2D eigenvalue weighted by Gasteiger charge is -2.15. The summed E-state index contributed by atoms with van der Waals surface area (Å²) in [6, 6.07) is 15.3. The second-order valence-electron chi connectivity index (χ2n) is 8.36. The predicted octanol–water partition coefficient (Wildman–Crippen LogP) is 8.30. The monoisotopic (exact) mass is 426 g/mol. The van der Waals surface area contributed by atoms with Crippen molar-refractivity contribution in [1.82, 2.24) is 0 Å². The van der Waals surface area contributed by atoms with Crippen LogP contribution in [0.5, 0.6) is 5.75 Å². The van der Waals surface area contributed by atoms with Crippen LogP contribution in [-0.4, -0.2) is 6.61 Å². The van der Waals surface area contributed by atoms with Crippen molar-refractivity contribution in [3.63, 3.8) is 0 Å². The zero-order chi connectivity index (χ0) is 19.4. The van der Waals surface area contributed by atoms with Gasteiger partial charge >= 0.3 is 0 Å². The van der Waals surface area contributed by atoms with Gasteiger partial charge in [0.25, 0.3) is 0 Å². The van der Waals surface area contributed by atoms with Gasteiger partial charge in [-0.3, -0.25) is 0 Å². The number of halogens is 1. The number of aryl methyl sites for hydroxylation is 1. The molecule has 1 nitrogen and oxygen atoms in total. The van der Waals surface area contributed by atoms with Gasteiger partial charge in [0, 0.05) is 9.86 Å². The molecule has 0 aliphatic heterocycles. The van der Waals surface area contributed by atoms with Gasteiger partial charge in [-0.25, -0.2) is 0 Å². The molecule has 2 heteroatoms. The molecule has 0 radical (unpaired) electrons. The molecule has 0 aliphatic rings. The van der Waals surface area contributed by atoms with Crippen LogP contribution in [0.1, 0.15) is 52.0 Å². The van der Waals surface area contributed by atoms with E-state index in [2.05, 4.69) is 86.1 Å². The van der Waals surface area contributed by atoms with Crippen LogP contribution < -0.4 is 4.74 Å². The van der Waals surface area contributed by atoms with Crippen molar-refractivity contribution >= 4 is 37.5 Å². The fraction of sp³-hybridized carbons (Fsp3) is 0.440. The summed E-state index contributed by atoms with van der Waals surface area (Å²) in [7, 11) is 0. The topological polar surface area (TPSA) is 9.23 Å². The minimum atomic E-state index is 0.719. The summed E-state index contributed by atoms with van der Waals surface area (Å²) in [5, 5.41) is 5.02. The fourth-order valence-electron chi connectivity index (χ4n) is 3.75. The maximum absolute atomic E-state index is 6.27. The minimum Gasteiger partial charge on any atom is -0.493 e. The smallest absolute Gasteiger partial charge is 0.127 e. The third-order valence-corrected chi connectivity index (χ3v) is 5.86. The first kappa shape index (κ1) is 20.2. The van der Waals surface area contributed by atoms with Crippen molar-refractivity contribution in [2.75, 3.05) is 6.61 Å². The van der Waals surface area contributed by atoms with Crippen molar-refractivity contribution in [2.45, 2.75) is 53.4 Å². The number of fused-ring (bicyclic) bond motifs is 3. The highest BCUT2D eigenvalue weighted by molar-refractivity contribution is 9.10. The average molecular weight is 427 g/mol. The third-order valence-electron chi connectivity index (χ3n) is 5.37. The SMILES string of the molecule is Cc1cc(OCCC(C)CCCC(C)C)c2ccc3ccc(Br)cc3c2c1. The Balaban J connectivity index is 1.75. The number of hydrogen-bond donors (Lipinski definition) is 0. The maximum atomic E-state index is 6.27. The van der Waals surface area contributed by atoms with Crippen molar-refractivity contribution in [3.8, 4) is 5.75 Å². The van der Waals surface area contributed by atoms with Gasteiger partial charge in [-0.1, -0.05) is 80.2 Å². The Labute approximate surface area is 172 Å². The first-order valence-corrected chi connectivity index (χ1v) is 11.0. The molecule has 0 aliphatic carbocycles. The van der Waals surface area contributed by atoms with E-state index >= 15 is 0 Å². The molecular weight excluding hydrogens is 396 g/mol.